The highest BCUT2D eigenvalue weighted by Gasteiger charge is 2.26. The summed E-state index contributed by atoms with van der Waals surface area (Å²) in [4.78, 5) is 26.3. The lowest BCUT2D eigenvalue weighted by molar-refractivity contribution is -0.122. The first-order valence-electron chi connectivity index (χ1n) is 11.4. The first-order chi connectivity index (χ1) is 16.5. The van der Waals surface area contributed by atoms with Crippen LogP contribution in [0.4, 0.5) is 10.1 Å². The third-order valence-corrected chi connectivity index (χ3v) is 5.89. The maximum Gasteiger partial charge on any atom is 0.265 e. The van der Waals surface area contributed by atoms with Crippen LogP contribution in [0.15, 0.2) is 71.1 Å². The quantitative estimate of drug-likeness (QED) is 0.312. The number of carbonyl (C=O) groups is 2. The van der Waals surface area contributed by atoms with Crippen LogP contribution in [-0.4, -0.2) is 17.8 Å². The van der Waals surface area contributed by atoms with E-state index in [2.05, 4.69) is 26.1 Å². The van der Waals surface area contributed by atoms with Gasteiger partial charge in [-0.25, -0.2) is 4.39 Å². The van der Waals surface area contributed by atoms with Gasteiger partial charge in [0, 0.05) is 10.9 Å². The van der Waals surface area contributed by atoms with Crippen molar-refractivity contribution in [3.63, 3.8) is 0 Å². The Morgan fingerprint density at radius 3 is 2.34 bits per heavy atom. The van der Waals surface area contributed by atoms with E-state index in [1.807, 2.05) is 24.3 Å². The van der Waals surface area contributed by atoms with E-state index in [9.17, 15) is 14.0 Å². The molecule has 180 valence electrons. The van der Waals surface area contributed by atoms with Crippen LogP contribution in [0.1, 0.15) is 54.9 Å². The van der Waals surface area contributed by atoms with E-state index in [4.69, 9.17) is 9.15 Å². The Labute approximate surface area is 203 Å². The summed E-state index contributed by atoms with van der Waals surface area (Å²) in [5, 5.41) is 3.36. The van der Waals surface area contributed by atoms with Gasteiger partial charge in [-0.2, -0.15) is 0 Å². The van der Waals surface area contributed by atoms with Crippen LogP contribution in [0.25, 0.3) is 11.0 Å². The summed E-state index contributed by atoms with van der Waals surface area (Å²) in [5.74, 6) is -0.965. The second-order valence-corrected chi connectivity index (χ2v) is 9.62. The molecular formula is C29H28FNO4. The SMILES string of the molecule is Cc1ccc(C(=O)c2oc3ccccc3c2NC(=O)C(C)Oc2ccc(C(C)(C)C)cc2)cc1F. The molecule has 4 aromatic rings. The van der Waals surface area contributed by atoms with E-state index >= 15 is 0 Å². The fourth-order valence-corrected chi connectivity index (χ4v) is 3.71. The van der Waals surface area contributed by atoms with Gasteiger partial charge in [0.05, 0.1) is 5.69 Å². The van der Waals surface area contributed by atoms with Gasteiger partial charge in [0.15, 0.2) is 11.9 Å². The maximum absolute atomic E-state index is 14.1. The summed E-state index contributed by atoms with van der Waals surface area (Å²) in [7, 11) is 0. The Kier molecular flexibility index (Phi) is 6.48. The summed E-state index contributed by atoms with van der Waals surface area (Å²) in [6.45, 7) is 9.62. The van der Waals surface area contributed by atoms with Crippen molar-refractivity contribution in [2.75, 3.05) is 5.32 Å². The molecule has 0 spiro atoms. The number of halogens is 1. The van der Waals surface area contributed by atoms with Crippen molar-refractivity contribution in [2.24, 2.45) is 0 Å². The molecule has 0 fully saturated rings. The molecule has 1 heterocycles. The standard InChI is InChI=1S/C29H28FNO4/c1-17-10-11-19(16-23(17)30)26(32)27-25(22-8-6-7-9-24(22)35-27)31-28(33)18(2)34-21-14-12-20(13-15-21)29(3,4)5/h6-16,18H,1-5H3,(H,31,33). The molecule has 6 heteroatoms. The summed E-state index contributed by atoms with van der Waals surface area (Å²) in [5.41, 5.74) is 2.39. The van der Waals surface area contributed by atoms with Gasteiger partial charge in [0.1, 0.15) is 17.1 Å². The second kappa shape index (κ2) is 9.37. The van der Waals surface area contributed by atoms with Crippen molar-refractivity contribution in [2.45, 2.75) is 46.1 Å². The Morgan fingerprint density at radius 2 is 1.69 bits per heavy atom. The number of fused-ring (bicyclic) bond motifs is 1. The topological polar surface area (TPSA) is 68.5 Å². The van der Waals surface area contributed by atoms with Crippen molar-refractivity contribution in [1.82, 2.24) is 0 Å². The summed E-state index contributed by atoms with van der Waals surface area (Å²) in [6.07, 6.45) is -0.844. The molecule has 1 unspecified atom stereocenters. The molecule has 3 aromatic carbocycles. The van der Waals surface area contributed by atoms with Crippen molar-refractivity contribution >= 4 is 28.3 Å². The van der Waals surface area contributed by atoms with Crippen LogP contribution in [0, 0.1) is 12.7 Å². The number of furan rings is 1. The van der Waals surface area contributed by atoms with E-state index in [1.165, 1.54) is 18.2 Å². The predicted molar refractivity (Wildman–Crippen MR) is 135 cm³/mol. The number of carbonyl (C=O) groups excluding carboxylic acids is 2. The van der Waals surface area contributed by atoms with E-state index in [0.717, 1.165) is 5.56 Å². The van der Waals surface area contributed by atoms with Gasteiger partial charge < -0.3 is 14.5 Å². The second-order valence-electron chi connectivity index (χ2n) is 9.62. The number of hydrogen-bond donors (Lipinski definition) is 1. The third kappa shape index (κ3) is 5.11. The van der Waals surface area contributed by atoms with Crippen LogP contribution in [0.2, 0.25) is 0 Å². The number of aryl methyl sites for hydroxylation is 1. The van der Waals surface area contributed by atoms with E-state index < -0.39 is 23.6 Å². The van der Waals surface area contributed by atoms with Gasteiger partial charge in [-0.15, -0.1) is 0 Å². The molecule has 0 saturated heterocycles. The molecule has 4 rings (SSSR count). The van der Waals surface area contributed by atoms with E-state index in [1.54, 1.807) is 38.1 Å². The van der Waals surface area contributed by atoms with E-state index in [-0.39, 0.29) is 22.4 Å². The van der Waals surface area contributed by atoms with Gasteiger partial charge in [0.2, 0.25) is 5.78 Å². The fraction of sp³-hybridized carbons (Fsp3) is 0.241. The summed E-state index contributed by atoms with van der Waals surface area (Å²) < 4.78 is 25.7. The molecule has 0 aliphatic rings. The zero-order valence-electron chi connectivity index (χ0n) is 20.4. The van der Waals surface area contributed by atoms with Crippen LogP contribution in [0.5, 0.6) is 5.75 Å². The molecule has 35 heavy (non-hydrogen) atoms. The minimum absolute atomic E-state index is 0.00711. The molecule has 1 amide bonds. The largest absolute Gasteiger partial charge is 0.481 e. The summed E-state index contributed by atoms with van der Waals surface area (Å²) in [6, 6.07) is 18.8. The van der Waals surface area contributed by atoms with Gasteiger partial charge in [-0.05, 0) is 60.7 Å². The highest BCUT2D eigenvalue weighted by molar-refractivity contribution is 6.17. The zero-order chi connectivity index (χ0) is 25.3. The number of amides is 1. The number of ether oxygens (including phenoxy) is 1. The number of nitrogens with one attached hydrogen (secondary N) is 1. The minimum atomic E-state index is -0.844. The maximum atomic E-state index is 14.1. The average molecular weight is 474 g/mol. The van der Waals surface area contributed by atoms with Gasteiger partial charge in [-0.1, -0.05) is 57.2 Å². The summed E-state index contributed by atoms with van der Waals surface area (Å²) >= 11 is 0. The van der Waals surface area contributed by atoms with Gasteiger partial charge in [0.25, 0.3) is 5.91 Å². The van der Waals surface area contributed by atoms with Crippen molar-refractivity contribution < 1.29 is 23.1 Å². The molecule has 1 atom stereocenters. The van der Waals surface area contributed by atoms with Crippen LogP contribution < -0.4 is 10.1 Å². The number of anilines is 1. The normalized spacial score (nSPS) is 12.4. The molecule has 1 N–H and O–H groups in total. The van der Waals surface area contributed by atoms with Crippen molar-refractivity contribution in [1.29, 1.82) is 0 Å². The lowest BCUT2D eigenvalue weighted by atomic mass is 9.87. The van der Waals surface area contributed by atoms with Crippen molar-refractivity contribution in [3.8, 4) is 5.75 Å². The lowest BCUT2D eigenvalue weighted by Crippen LogP contribution is -2.30. The number of benzene rings is 3. The zero-order valence-corrected chi connectivity index (χ0v) is 20.4. The van der Waals surface area contributed by atoms with Gasteiger partial charge >= 0.3 is 0 Å². The highest BCUT2D eigenvalue weighted by atomic mass is 19.1. The molecule has 1 aromatic heterocycles. The molecule has 0 aliphatic heterocycles. The molecule has 5 nitrogen and oxygen atoms in total. The number of hydrogen-bond acceptors (Lipinski definition) is 4. The molecule has 0 saturated carbocycles. The first kappa shape index (κ1) is 24.2. The Balaban J connectivity index is 1.60. The van der Waals surface area contributed by atoms with Crippen LogP contribution in [0.3, 0.4) is 0 Å². The fourth-order valence-electron chi connectivity index (χ4n) is 3.71. The molecule has 0 aliphatic carbocycles. The monoisotopic (exact) mass is 473 g/mol. The number of rotatable bonds is 6. The molecule has 0 radical (unpaired) electrons. The molecular weight excluding hydrogens is 445 g/mol. The third-order valence-electron chi connectivity index (χ3n) is 5.89. The number of ketones is 1. The predicted octanol–water partition coefficient (Wildman–Crippen LogP) is 6.81. The van der Waals surface area contributed by atoms with Crippen molar-refractivity contribution in [3.05, 3.63) is 95.0 Å². The van der Waals surface area contributed by atoms with Gasteiger partial charge in [-0.3, -0.25) is 9.59 Å². The highest BCUT2D eigenvalue weighted by Crippen LogP contribution is 2.33. The Bertz CT molecular complexity index is 1400. The lowest BCUT2D eigenvalue weighted by Gasteiger charge is -2.20. The first-order valence-corrected chi connectivity index (χ1v) is 11.4. The van der Waals surface area contributed by atoms with Crippen LogP contribution in [-0.2, 0) is 10.2 Å². The minimum Gasteiger partial charge on any atom is -0.481 e. The number of para-hydroxylation sites is 1. The smallest absolute Gasteiger partial charge is 0.265 e. The van der Waals surface area contributed by atoms with Crippen LogP contribution >= 0.6 is 0 Å². The Hall–Kier alpha value is -3.93. The molecule has 0 bridgehead atoms. The average Bonchev–Trinajstić information content (AvgIpc) is 3.18. The Morgan fingerprint density at radius 1 is 1.00 bits per heavy atom. The van der Waals surface area contributed by atoms with E-state index in [0.29, 0.717) is 22.3 Å².